The zero-order chi connectivity index (χ0) is 41.5. The Morgan fingerprint density at radius 1 is 0.800 bits per heavy atom. The fourth-order valence-electron chi connectivity index (χ4n) is 8.27. The number of sulfonamides is 1. The first-order valence-corrected chi connectivity index (χ1v) is 22.2. The Morgan fingerprint density at radius 2 is 1.47 bits per heavy atom. The zero-order valence-electron chi connectivity index (χ0n) is 33.9. The number of likely N-dealkylation sites (tertiary alicyclic amines) is 1. The van der Waals surface area contributed by atoms with Gasteiger partial charge in [0.2, 0.25) is 15.9 Å². The molecule has 60 heavy (non-hydrogen) atoms. The van der Waals surface area contributed by atoms with Crippen LogP contribution >= 0.6 is 0 Å². The molecule has 8 rings (SSSR count). The van der Waals surface area contributed by atoms with E-state index in [-0.39, 0.29) is 36.7 Å². The van der Waals surface area contributed by atoms with E-state index in [2.05, 4.69) is 14.9 Å². The van der Waals surface area contributed by atoms with Crippen LogP contribution in [-0.4, -0.2) is 75.1 Å². The van der Waals surface area contributed by atoms with Gasteiger partial charge in [0.1, 0.15) is 6.04 Å². The van der Waals surface area contributed by atoms with Gasteiger partial charge in [0.15, 0.2) is 12.1 Å². The van der Waals surface area contributed by atoms with Crippen LogP contribution in [0.4, 0.5) is 0 Å². The minimum absolute atomic E-state index is 0.0171. The fraction of sp³-hybridized carbons (Fsp3) is 0.354. The lowest BCUT2D eigenvalue weighted by molar-refractivity contribution is -0.255. The van der Waals surface area contributed by atoms with Crippen LogP contribution in [-0.2, 0) is 53.3 Å². The van der Waals surface area contributed by atoms with E-state index in [9.17, 15) is 18.3 Å². The highest BCUT2D eigenvalue weighted by Gasteiger charge is 2.41. The Balaban J connectivity index is 0.965. The minimum Gasteiger partial charge on any atom is -0.392 e. The van der Waals surface area contributed by atoms with Gasteiger partial charge >= 0.3 is 0 Å². The van der Waals surface area contributed by atoms with Gasteiger partial charge in [0, 0.05) is 51.0 Å². The van der Waals surface area contributed by atoms with Crippen molar-refractivity contribution in [1.82, 2.24) is 14.9 Å². The molecular formula is C48H53N3O8S. The number of carbonyl (C=O) groups is 1. The highest BCUT2D eigenvalue weighted by Crippen LogP contribution is 2.40. The molecule has 314 valence electrons. The standard InChI is InChI=1S/C48H53N3O8S/c1-34-11-21-42(22-12-34)60(54,55)50-44(29-35-7-3-2-4-8-35)46(53)49-31-40-9-5-6-10-43(40)37-17-19-39(20-18-37)47-58-41(30-45(59-47)38-15-13-36(33-52)14-16-38)32-51-25-23-48(24-26-51)56-27-28-57-48/h2-22,41,44-45,47,50,52H,23-33H2,1H3,(H,49,53)/t41-,44-,45+,47+/m1/s1. The number of nitrogens with zero attached hydrogens (tertiary/aromatic N) is 1. The molecule has 0 aromatic heterocycles. The van der Waals surface area contributed by atoms with Gasteiger partial charge in [-0.05, 0) is 58.9 Å². The first-order chi connectivity index (χ1) is 29.1. The molecule has 0 unspecified atom stereocenters. The Labute approximate surface area is 352 Å². The number of aliphatic hydroxyl groups is 1. The molecule has 11 nitrogen and oxygen atoms in total. The fourth-order valence-corrected chi connectivity index (χ4v) is 9.47. The molecule has 3 aliphatic heterocycles. The maximum Gasteiger partial charge on any atom is 0.241 e. The summed E-state index contributed by atoms with van der Waals surface area (Å²) in [7, 11) is -3.98. The second-order valence-corrected chi connectivity index (χ2v) is 17.6. The average Bonchev–Trinajstić information content (AvgIpc) is 3.74. The van der Waals surface area contributed by atoms with Crippen molar-refractivity contribution in [2.75, 3.05) is 32.8 Å². The van der Waals surface area contributed by atoms with Gasteiger partial charge in [0.25, 0.3) is 0 Å². The molecule has 0 radical (unpaired) electrons. The number of amides is 1. The molecule has 3 fully saturated rings. The van der Waals surface area contributed by atoms with Crippen LogP contribution < -0.4 is 10.0 Å². The first-order valence-electron chi connectivity index (χ1n) is 20.8. The predicted octanol–water partition coefficient (Wildman–Crippen LogP) is 6.74. The molecule has 5 aromatic carbocycles. The van der Waals surface area contributed by atoms with Crippen LogP contribution in [0.5, 0.6) is 0 Å². The number of aliphatic hydroxyl groups excluding tert-OH is 1. The van der Waals surface area contributed by atoms with Crippen molar-refractivity contribution in [2.24, 2.45) is 0 Å². The molecule has 3 heterocycles. The summed E-state index contributed by atoms with van der Waals surface area (Å²) in [6, 6.07) is 38.8. The summed E-state index contributed by atoms with van der Waals surface area (Å²) in [6.45, 7) is 5.87. The van der Waals surface area contributed by atoms with Crippen LogP contribution in [0.15, 0.2) is 132 Å². The minimum atomic E-state index is -3.98. The van der Waals surface area contributed by atoms with Gasteiger partial charge in [-0.25, -0.2) is 8.42 Å². The number of hydrogen-bond donors (Lipinski definition) is 3. The van der Waals surface area contributed by atoms with Crippen molar-refractivity contribution in [1.29, 1.82) is 0 Å². The third-order valence-corrected chi connectivity index (χ3v) is 13.2. The number of hydrogen-bond acceptors (Lipinski definition) is 9. The van der Waals surface area contributed by atoms with Crippen molar-refractivity contribution in [3.63, 3.8) is 0 Å². The molecular weight excluding hydrogens is 779 g/mol. The van der Waals surface area contributed by atoms with Crippen molar-refractivity contribution < 1.29 is 37.3 Å². The number of rotatable bonds is 14. The Bertz CT molecular complexity index is 2290. The summed E-state index contributed by atoms with van der Waals surface area (Å²) in [5.41, 5.74) is 7.32. The van der Waals surface area contributed by atoms with Crippen molar-refractivity contribution >= 4 is 15.9 Å². The SMILES string of the molecule is Cc1ccc(S(=O)(=O)N[C@H](Cc2ccccc2)C(=O)NCc2ccccc2-c2ccc([C@H]3O[C@@H](CN4CCC5(CC4)OCCO5)C[C@@H](c4ccc(CO)cc4)O3)cc2)cc1. The second kappa shape index (κ2) is 18.9. The van der Waals surface area contributed by atoms with Gasteiger partial charge < -0.3 is 34.3 Å². The lowest BCUT2D eigenvalue weighted by Crippen LogP contribution is -2.48. The van der Waals surface area contributed by atoms with Gasteiger partial charge in [-0.2, -0.15) is 4.72 Å². The van der Waals surface area contributed by atoms with E-state index in [0.29, 0.717) is 19.6 Å². The predicted molar refractivity (Wildman–Crippen MR) is 228 cm³/mol. The largest absolute Gasteiger partial charge is 0.392 e. The monoisotopic (exact) mass is 831 g/mol. The highest BCUT2D eigenvalue weighted by molar-refractivity contribution is 7.89. The summed E-state index contributed by atoms with van der Waals surface area (Å²) in [4.78, 5) is 16.4. The number of benzene rings is 5. The summed E-state index contributed by atoms with van der Waals surface area (Å²) in [5.74, 6) is -0.864. The van der Waals surface area contributed by atoms with Crippen molar-refractivity contribution in [3.8, 4) is 11.1 Å². The molecule has 12 heteroatoms. The zero-order valence-corrected chi connectivity index (χ0v) is 34.7. The normalized spacial score (nSPS) is 21.1. The van der Waals surface area contributed by atoms with E-state index >= 15 is 0 Å². The maximum atomic E-state index is 13.8. The Hall–Kier alpha value is -4.76. The lowest BCUT2D eigenvalue weighted by Gasteiger charge is -2.41. The van der Waals surface area contributed by atoms with Crippen LogP contribution in [0.3, 0.4) is 0 Å². The Morgan fingerprint density at radius 3 is 2.17 bits per heavy atom. The molecule has 0 aliphatic carbocycles. The highest BCUT2D eigenvalue weighted by atomic mass is 32.2. The maximum absolute atomic E-state index is 13.8. The summed E-state index contributed by atoms with van der Waals surface area (Å²) < 4.78 is 54.8. The van der Waals surface area contributed by atoms with E-state index in [1.54, 1.807) is 24.3 Å². The van der Waals surface area contributed by atoms with Crippen LogP contribution in [0.2, 0.25) is 0 Å². The topological polar surface area (TPSA) is 136 Å². The average molecular weight is 832 g/mol. The molecule has 1 spiro atoms. The molecule has 0 bridgehead atoms. The van der Waals surface area contributed by atoms with Crippen LogP contribution in [0, 0.1) is 6.92 Å². The second-order valence-electron chi connectivity index (χ2n) is 15.9. The molecule has 5 aromatic rings. The number of ether oxygens (including phenoxy) is 4. The van der Waals surface area contributed by atoms with Gasteiger partial charge in [-0.15, -0.1) is 0 Å². The number of nitrogens with one attached hydrogen (secondary N) is 2. The molecule has 4 atom stereocenters. The first kappa shape index (κ1) is 42.0. The van der Waals surface area contributed by atoms with E-state index in [1.807, 2.05) is 110 Å². The van der Waals surface area contributed by atoms with E-state index in [4.69, 9.17) is 18.9 Å². The molecule has 3 N–H and O–H groups in total. The quantitative estimate of drug-likeness (QED) is 0.111. The molecule has 3 saturated heterocycles. The van der Waals surface area contributed by atoms with Gasteiger partial charge in [0.05, 0.1) is 36.9 Å². The van der Waals surface area contributed by atoms with Gasteiger partial charge in [-0.3, -0.25) is 4.79 Å². The van der Waals surface area contributed by atoms with Crippen molar-refractivity contribution in [3.05, 3.63) is 161 Å². The van der Waals surface area contributed by atoms with E-state index in [1.165, 1.54) is 0 Å². The van der Waals surface area contributed by atoms with E-state index in [0.717, 1.165) is 77.0 Å². The molecule has 0 saturated carbocycles. The number of piperidine rings is 1. The third kappa shape index (κ3) is 10.2. The third-order valence-electron chi connectivity index (χ3n) is 11.7. The van der Waals surface area contributed by atoms with Crippen LogP contribution in [0.25, 0.3) is 11.1 Å². The lowest BCUT2D eigenvalue weighted by atomic mass is 9.97. The summed E-state index contributed by atoms with van der Waals surface area (Å²) in [6.07, 6.45) is 1.67. The van der Waals surface area contributed by atoms with E-state index < -0.39 is 34.0 Å². The smallest absolute Gasteiger partial charge is 0.241 e. The summed E-state index contributed by atoms with van der Waals surface area (Å²) >= 11 is 0. The Kier molecular flexibility index (Phi) is 13.2. The van der Waals surface area contributed by atoms with Crippen molar-refractivity contribution in [2.45, 2.75) is 81.0 Å². The van der Waals surface area contributed by atoms with Gasteiger partial charge in [-0.1, -0.05) is 121 Å². The molecule has 1 amide bonds. The number of aryl methyl sites for hydroxylation is 1. The van der Waals surface area contributed by atoms with Crippen LogP contribution in [0.1, 0.15) is 65.0 Å². The summed E-state index contributed by atoms with van der Waals surface area (Å²) in [5, 5.41) is 12.7. The number of carbonyl (C=O) groups excluding carboxylic acids is 1. The molecule has 3 aliphatic rings.